The second-order valence-electron chi connectivity index (χ2n) is 7.81. The molecule has 33 heavy (non-hydrogen) atoms. The second-order valence-corrected chi connectivity index (χ2v) is 7.81. The number of nitrogens with one attached hydrogen (secondary N) is 1. The van der Waals surface area contributed by atoms with Crippen LogP contribution in [0.3, 0.4) is 0 Å². The van der Waals surface area contributed by atoms with Crippen LogP contribution in [0.25, 0.3) is 0 Å². The number of non-ortho nitro benzene ring substituents is 1. The lowest BCUT2D eigenvalue weighted by Gasteiger charge is -2.25. The summed E-state index contributed by atoms with van der Waals surface area (Å²) in [5.74, 6) is 1.72. The molecule has 1 aliphatic heterocycles. The van der Waals surface area contributed by atoms with Crippen LogP contribution in [0, 0.1) is 10.1 Å². The van der Waals surface area contributed by atoms with Gasteiger partial charge >= 0.3 is 0 Å². The van der Waals surface area contributed by atoms with Crippen LogP contribution in [0.15, 0.2) is 59.0 Å². The zero-order valence-corrected chi connectivity index (χ0v) is 18.3. The van der Waals surface area contributed by atoms with E-state index in [0.717, 1.165) is 13.1 Å². The van der Waals surface area contributed by atoms with Crippen molar-refractivity contribution in [3.05, 3.63) is 76.2 Å². The number of ether oxygens (including phenoxy) is 2. The zero-order valence-electron chi connectivity index (χ0n) is 18.3. The van der Waals surface area contributed by atoms with Crippen LogP contribution in [0.4, 0.5) is 11.4 Å². The number of anilines is 1. The molecule has 1 N–H and O–H groups in total. The first-order valence-electron chi connectivity index (χ1n) is 10.7. The summed E-state index contributed by atoms with van der Waals surface area (Å²) in [6, 6.07) is 14.3. The van der Waals surface area contributed by atoms with E-state index in [1.807, 2.05) is 0 Å². The quantitative estimate of drug-likeness (QED) is 0.369. The lowest BCUT2D eigenvalue weighted by molar-refractivity contribution is -0.384. The van der Waals surface area contributed by atoms with Crippen molar-refractivity contribution in [1.82, 2.24) is 4.90 Å². The molecule has 0 unspecified atom stereocenters. The number of piperidine rings is 1. The summed E-state index contributed by atoms with van der Waals surface area (Å²) in [6.45, 7) is 2.70. The number of carbonyl (C=O) groups is 1. The summed E-state index contributed by atoms with van der Waals surface area (Å²) in [5, 5.41) is 14.1. The average molecular weight is 451 g/mol. The third-order valence-electron chi connectivity index (χ3n) is 5.37. The first-order chi connectivity index (χ1) is 16.0. The molecule has 3 aromatic rings. The Hall–Kier alpha value is -3.85. The Bertz CT molecular complexity index is 1120. The van der Waals surface area contributed by atoms with Gasteiger partial charge in [-0.1, -0.05) is 6.42 Å². The minimum absolute atomic E-state index is 0.145. The lowest BCUT2D eigenvalue weighted by Crippen LogP contribution is -2.28. The van der Waals surface area contributed by atoms with Crippen LogP contribution in [0.2, 0.25) is 0 Å². The minimum Gasteiger partial charge on any atom is -0.497 e. The molecule has 0 aliphatic carbocycles. The van der Waals surface area contributed by atoms with Gasteiger partial charge in [-0.25, -0.2) is 0 Å². The number of likely N-dealkylation sites (tertiary alicyclic amines) is 1. The van der Waals surface area contributed by atoms with E-state index in [1.54, 1.807) is 43.5 Å². The van der Waals surface area contributed by atoms with E-state index in [2.05, 4.69) is 10.2 Å². The molecule has 4 rings (SSSR count). The van der Waals surface area contributed by atoms with Crippen molar-refractivity contribution in [1.29, 1.82) is 0 Å². The molecular formula is C24H25N3O6. The van der Waals surface area contributed by atoms with Gasteiger partial charge in [0.15, 0.2) is 5.76 Å². The van der Waals surface area contributed by atoms with Crippen molar-refractivity contribution in [3.8, 4) is 17.2 Å². The van der Waals surface area contributed by atoms with Gasteiger partial charge in [0.1, 0.15) is 23.0 Å². The Morgan fingerprint density at radius 3 is 2.45 bits per heavy atom. The molecule has 9 nitrogen and oxygen atoms in total. The van der Waals surface area contributed by atoms with Crippen LogP contribution in [0.5, 0.6) is 17.2 Å². The number of methoxy groups -OCH3 is 1. The molecule has 1 fully saturated rings. The number of carbonyl (C=O) groups excluding carboxylic acids is 1. The van der Waals surface area contributed by atoms with Crippen LogP contribution < -0.4 is 14.8 Å². The van der Waals surface area contributed by atoms with Gasteiger partial charge in [-0.05, 0) is 62.3 Å². The van der Waals surface area contributed by atoms with E-state index in [-0.39, 0.29) is 22.9 Å². The van der Waals surface area contributed by atoms with Crippen molar-refractivity contribution in [3.63, 3.8) is 0 Å². The third kappa shape index (κ3) is 5.89. The average Bonchev–Trinajstić information content (AvgIpc) is 3.29. The van der Waals surface area contributed by atoms with E-state index < -0.39 is 10.8 Å². The Labute approximate surface area is 191 Å². The lowest BCUT2D eigenvalue weighted by atomic mass is 10.1. The fourth-order valence-corrected chi connectivity index (χ4v) is 3.72. The highest BCUT2D eigenvalue weighted by atomic mass is 16.6. The second kappa shape index (κ2) is 10.2. The maximum absolute atomic E-state index is 12.7. The predicted molar refractivity (Wildman–Crippen MR) is 122 cm³/mol. The summed E-state index contributed by atoms with van der Waals surface area (Å²) in [6.07, 6.45) is 3.58. The van der Waals surface area contributed by atoms with Crippen molar-refractivity contribution < 1.29 is 23.6 Å². The summed E-state index contributed by atoms with van der Waals surface area (Å²) < 4.78 is 16.6. The van der Waals surface area contributed by atoms with Gasteiger partial charge in [0, 0.05) is 12.1 Å². The molecule has 0 radical (unpaired) electrons. The van der Waals surface area contributed by atoms with Crippen LogP contribution in [-0.4, -0.2) is 35.9 Å². The fourth-order valence-electron chi connectivity index (χ4n) is 3.72. The number of rotatable bonds is 8. The normalized spacial score (nSPS) is 14.0. The van der Waals surface area contributed by atoms with Crippen LogP contribution >= 0.6 is 0 Å². The minimum atomic E-state index is -0.542. The number of nitro benzene ring substituents is 1. The van der Waals surface area contributed by atoms with Gasteiger partial charge in [-0.15, -0.1) is 0 Å². The molecule has 0 spiro atoms. The SMILES string of the molecule is COc1ccc(Oc2cc(NC(=O)c3ccc(CN4CCCCC4)o3)cc([N+](=O)[O-])c2)cc1. The van der Waals surface area contributed by atoms with Gasteiger partial charge < -0.3 is 19.2 Å². The van der Waals surface area contributed by atoms with E-state index in [0.29, 0.717) is 23.8 Å². The molecule has 1 aromatic heterocycles. The molecule has 172 valence electrons. The largest absolute Gasteiger partial charge is 0.497 e. The summed E-state index contributed by atoms with van der Waals surface area (Å²) in [7, 11) is 1.56. The fraction of sp³-hybridized carbons (Fsp3) is 0.292. The van der Waals surface area contributed by atoms with Gasteiger partial charge in [0.25, 0.3) is 11.6 Å². The summed E-state index contributed by atoms with van der Waals surface area (Å²) in [5.41, 5.74) is 0.0215. The molecule has 1 saturated heterocycles. The Balaban J connectivity index is 1.47. The standard InChI is InChI=1S/C24H25N3O6/c1-31-19-5-7-20(8-6-19)32-22-14-17(13-18(15-22)27(29)30)25-24(28)23-10-9-21(33-23)16-26-11-3-2-4-12-26/h5-10,13-15H,2-4,11-12,16H2,1H3,(H,25,28). The monoisotopic (exact) mass is 451 g/mol. The first-order valence-corrected chi connectivity index (χ1v) is 10.7. The molecule has 1 aliphatic rings. The molecule has 0 saturated carbocycles. The number of furan rings is 1. The van der Waals surface area contributed by atoms with Gasteiger partial charge in [-0.2, -0.15) is 0 Å². The molecule has 0 atom stereocenters. The zero-order chi connectivity index (χ0) is 23.2. The highest BCUT2D eigenvalue weighted by Crippen LogP contribution is 2.31. The topological polar surface area (TPSA) is 107 Å². The van der Waals surface area contributed by atoms with Gasteiger partial charge in [0.2, 0.25) is 0 Å². The van der Waals surface area contributed by atoms with Crippen LogP contribution in [-0.2, 0) is 6.54 Å². The van der Waals surface area contributed by atoms with E-state index in [1.165, 1.54) is 37.5 Å². The number of nitrogens with zero attached hydrogens (tertiary/aromatic N) is 2. The highest BCUT2D eigenvalue weighted by Gasteiger charge is 2.18. The number of hydrogen-bond donors (Lipinski definition) is 1. The molecule has 0 bridgehead atoms. The van der Waals surface area contributed by atoms with Crippen LogP contribution in [0.1, 0.15) is 35.6 Å². The molecule has 1 amide bonds. The maximum atomic E-state index is 12.7. The van der Waals surface area contributed by atoms with Crippen molar-refractivity contribution in [2.24, 2.45) is 0 Å². The Morgan fingerprint density at radius 1 is 1.03 bits per heavy atom. The van der Waals surface area contributed by atoms with Crippen molar-refractivity contribution >= 4 is 17.3 Å². The van der Waals surface area contributed by atoms with E-state index in [9.17, 15) is 14.9 Å². The summed E-state index contributed by atoms with van der Waals surface area (Å²) >= 11 is 0. The Morgan fingerprint density at radius 2 is 1.76 bits per heavy atom. The molecule has 9 heteroatoms. The molecular weight excluding hydrogens is 426 g/mol. The third-order valence-corrected chi connectivity index (χ3v) is 5.37. The number of nitro groups is 1. The number of benzene rings is 2. The van der Waals surface area contributed by atoms with E-state index >= 15 is 0 Å². The highest BCUT2D eigenvalue weighted by molar-refractivity contribution is 6.02. The smallest absolute Gasteiger partial charge is 0.291 e. The van der Waals surface area contributed by atoms with E-state index in [4.69, 9.17) is 13.9 Å². The van der Waals surface area contributed by atoms with Crippen molar-refractivity contribution in [2.75, 3.05) is 25.5 Å². The number of hydrogen-bond acceptors (Lipinski definition) is 7. The number of amides is 1. The van der Waals surface area contributed by atoms with Gasteiger partial charge in [0.05, 0.1) is 30.3 Å². The first kappa shape index (κ1) is 22.3. The predicted octanol–water partition coefficient (Wildman–Crippen LogP) is 5.23. The molecule has 2 aromatic carbocycles. The summed E-state index contributed by atoms with van der Waals surface area (Å²) in [4.78, 5) is 25.8. The molecule has 2 heterocycles. The van der Waals surface area contributed by atoms with Gasteiger partial charge in [-0.3, -0.25) is 19.8 Å². The van der Waals surface area contributed by atoms with Crippen molar-refractivity contribution in [2.45, 2.75) is 25.8 Å². The Kier molecular flexibility index (Phi) is 6.89. The maximum Gasteiger partial charge on any atom is 0.291 e.